The van der Waals surface area contributed by atoms with Crippen LogP contribution in [0.1, 0.15) is 25.0 Å². The van der Waals surface area contributed by atoms with Gasteiger partial charge < -0.3 is 9.47 Å². The molecule has 0 fully saturated rings. The molecule has 2 rings (SSSR count). The minimum absolute atomic E-state index is 0.0880. The Morgan fingerprint density at radius 2 is 2.26 bits per heavy atom. The first kappa shape index (κ1) is 14.8. The summed E-state index contributed by atoms with van der Waals surface area (Å²) >= 11 is 3.55. The van der Waals surface area contributed by atoms with Crippen LogP contribution in [0.25, 0.3) is 0 Å². The van der Waals surface area contributed by atoms with Crippen molar-refractivity contribution < 1.29 is 9.47 Å². The number of hydrogen-bond acceptors (Lipinski definition) is 4. The molecule has 1 unspecified atom stereocenters. The third kappa shape index (κ3) is 3.92. The van der Waals surface area contributed by atoms with E-state index in [-0.39, 0.29) is 12.1 Å². The molecule has 3 N–H and O–H groups in total. The fourth-order valence-corrected chi connectivity index (χ4v) is 2.79. The van der Waals surface area contributed by atoms with Crippen LogP contribution in [0.5, 0.6) is 5.75 Å². The molecule has 1 aliphatic heterocycles. The SMILES string of the molecule is CC(C)OCC(Cc1cc(Br)cc2c1OCC2)NN. The zero-order chi connectivity index (χ0) is 13.8. The van der Waals surface area contributed by atoms with Crippen molar-refractivity contribution in [3.05, 3.63) is 27.7 Å². The molecule has 1 aromatic carbocycles. The Balaban J connectivity index is 2.09. The largest absolute Gasteiger partial charge is 0.493 e. The Kier molecular flexibility index (Phi) is 5.21. The van der Waals surface area contributed by atoms with Crippen LogP contribution in [0.3, 0.4) is 0 Å². The van der Waals surface area contributed by atoms with Crippen molar-refractivity contribution in [3.63, 3.8) is 0 Å². The van der Waals surface area contributed by atoms with Crippen molar-refractivity contribution in [1.82, 2.24) is 5.43 Å². The lowest BCUT2D eigenvalue weighted by molar-refractivity contribution is 0.0612. The van der Waals surface area contributed by atoms with Gasteiger partial charge in [-0.2, -0.15) is 0 Å². The van der Waals surface area contributed by atoms with E-state index in [2.05, 4.69) is 33.5 Å². The van der Waals surface area contributed by atoms with Crippen molar-refractivity contribution >= 4 is 15.9 Å². The molecular formula is C14H21BrN2O2. The Labute approximate surface area is 122 Å². The summed E-state index contributed by atoms with van der Waals surface area (Å²) in [6.07, 6.45) is 1.98. The maximum absolute atomic E-state index is 5.73. The topological polar surface area (TPSA) is 56.5 Å². The molecule has 1 aromatic rings. The summed E-state index contributed by atoms with van der Waals surface area (Å²) in [6, 6.07) is 4.32. The van der Waals surface area contributed by atoms with Crippen molar-refractivity contribution in [2.75, 3.05) is 13.2 Å². The Morgan fingerprint density at radius 1 is 1.47 bits per heavy atom. The molecular weight excluding hydrogens is 308 g/mol. The van der Waals surface area contributed by atoms with Gasteiger partial charge in [0.15, 0.2) is 0 Å². The van der Waals surface area contributed by atoms with Crippen LogP contribution in [0.2, 0.25) is 0 Å². The average Bonchev–Trinajstić information content (AvgIpc) is 2.81. The highest BCUT2D eigenvalue weighted by Gasteiger charge is 2.20. The lowest BCUT2D eigenvalue weighted by Crippen LogP contribution is -2.41. The molecule has 1 atom stereocenters. The van der Waals surface area contributed by atoms with Gasteiger partial charge in [0.2, 0.25) is 0 Å². The Hall–Kier alpha value is -0.620. The molecule has 0 radical (unpaired) electrons. The summed E-state index contributed by atoms with van der Waals surface area (Å²) in [6.45, 7) is 5.40. The predicted octanol–water partition coefficient (Wildman–Crippen LogP) is 2.18. The van der Waals surface area contributed by atoms with Crippen LogP contribution in [0.4, 0.5) is 0 Å². The summed E-state index contributed by atoms with van der Waals surface area (Å²) in [5.74, 6) is 6.63. The van der Waals surface area contributed by atoms with E-state index in [4.69, 9.17) is 15.3 Å². The third-order valence-electron chi connectivity index (χ3n) is 3.16. The summed E-state index contributed by atoms with van der Waals surface area (Å²) in [5.41, 5.74) is 5.27. The van der Waals surface area contributed by atoms with E-state index < -0.39 is 0 Å². The van der Waals surface area contributed by atoms with Gasteiger partial charge in [-0.15, -0.1) is 0 Å². The van der Waals surface area contributed by atoms with Gasteiger partial charge in [-0.25, -0.2) is 0 Å². The zero-order valence-electron chi connectivity index (χ0n) is 11.4. The van der Waals surface area contributed by atoms with Crippen molar-refractivity contribution in [3.8, 4) is 5.75 Å². The summed E-state index contributed by atoms with van der Waals surface area (Å²) in [5, 5.41) is 0. The number of rotatable bonds is 6. The smallest absolute Gasteiger partial charge is 0.125 e. The lowest BCUT2D eigenvalue weighted by atomic mass is 10.0. The third-order valence-corrected chi connectivity index (χ3v) is 3.62. The normalized spacial score (nSPS) is 15.4. The number of nitrogens with two attached hydrogens (primary N) is 1. The number of benzene rings is 1. The standard InChI is InChI=1S/C14H21BrN2O2/c1-9(2)19-8-13(17-16)7-11-6-12(15)5-10-3-4-18-14(10)11/h5-6,9,13,17H,3-4,7-8,16H2,1-2H3. The van der Waals surface area contributed by atoms with Crippen LogP contribution < -0.4 is 16.0 Å². The van der Waals surface area contributed by atoms with Crippen LogP contribution >= 0.6 is 15.9 Å². The van der Waals surface area contributed by atoms with E-state index >= 15 is 0 Å². The van der Waals surface area contributed by atoms with Gasteiger partial charge >= 0.3 is 0 Å². The molecule has 0 aliphatic carbocycles. The molecule has 4 nitrogen and oxygen atoms in total. The van der Waals surface area contributed by atoms with Gasteiger partial charge in [0.05, 0.1) is 19.3 Å². The van der Waals surface area contributed by atoms with Crippen molar-refractivity contribution in [2.24, 2.45) is 5.84 Å². The van der Waals surface area contributed by atoms with Crippen LogP contribution in [-0.2, 0) is 17.6 Å². The van der Waals surface area contributed by atoms with Crippen molar-refractivity contribution in [2.45, 2.75) is 38.8 Å². The van der Waals surface area contributed by atoms with Gasteiger partial charge in [-0.1, -0.05) is 15.9 Å². The van der Waals surface area contributed by atoms with Crippen LogP contribution in [-0.4, -0.2) is 25.4 Å². The van der Waals surface area contributed by atoms with E-state index in [0.29, 0.717) is 6.61 Å². The maximum Gasteiger partial charge on any atom is 0.125 e. The van der Waals surface area contributed by atoms with Gasteiger partial charge in [0.25, 0.3) is 0 Å². The molecule has 0 amide bonds. The number of ether oxygens (including phenoxy) is 2. The Bertz CT molecular complexity index is 438. The quantitative estimate of drug-likeness (QED) is 0.620. The predicted molar refractivity (Wildman–Crippen MR) is 79.2 cm³/mol. The van der Waals surface area contributed by atoms with Gasteiger partial charge in [-0.3, -0.25) is 11.3 Å². The Morgan fingerprint density at radius 3 is 2.95 bits per heavy atom. The molecule has 1 heterocycles. The van der Waals surface area contributed by atoms with E-state index in [1.165, 1.54) is 11.1 Å². The fraction of sp³-hybridized carbons (Fsp3) is 0.571. The number of fused-ring (bicyclic) bond motifs is 1. The molecule has 0 spiro atoms. The molecule has 106 valence electrons. The lowest BCUT2D eigenvalue weighted by Gasteiger charge is -2.19. The highest BCUT2D eigenvalue weighted by molar-refractivity contribution is 9.10. The van der Waals surface area contributed by atoms with Gasteiger partial charge in [-0.05, 0) is 43.5 Å². The number of hydrogen-bond donors (Lipinski definition) is 2. The first-order valence-corrected chi connectivity index (χ1v) is 7.41. The molecule has 19 heavy (non-hydrogen) atoms. The molecule has 5 heteroatoms. The van der Waals surface area contributed by atoms with E-state index in [1.807, 2.05) is 13.8 Å². The molecule has 1 aliphatic rings. The highest BCUT2D eigenvalue weighted by Crippen LogP contribution is 2.33. The summed E-state index contributed by atoms with van der Waals surface area (Å²) in [7, 11) is 0. The van der Waals surface area contributed by atoms with Gasteiger partial charge in [0, 0.05) is 16.9 Å². The molecule has 0 saturated carbocycles. The fourth-order valence-electron chi connectivity index (χ4n) is 2.24. The van der Waals surface area contributed by atoms with E-state index in [0.717, 1.165) is 29.7 Å². The zero-order valence-corrected chi connectivity index (χ0v) is 13.0. The highest BCUT2D eigenvalue weighted by atomic mass is 79.9. The van der Waals surface area contributed by atoms with Crippen LogP contribution in [0, 0.1) is 0 Å². The van der Waals surface area contributed by atoms with E-state index in [1.54, 1.807) is 0 Å². The molecule has 0 saturated heterocycles. The second-order valence-corrected chi connectivity index (χ2v) is 6.02. The molecule has 0 bridgehead atoms. The number of halogens is 1. The minimum atomic E-state index is 0.0880. The summed E-state index contributed by atoms with van der Waals surface area (Å²) in [4.78, 5) is 0. The first-order valence-electron chi connectivity index (χ1n) is 6.62. The number of nitrogens with one attached hydrogen (secondary N) is 1. The summed E-state index contributed by atoms with van der Waals surface area (Å²) < 4.78 is 12.4. The van der Waals surface area contributed by atoms with E-state index in [9.17, 15) is 0 Å². The second-order valence-electron chi connectivity index (χ2n) is 5.10. The minimum Gasteiger partial charge on any atom is -0.493 e. The second kappa shape index (κ2) is 6.70. The monoisotopic (exact) mass is 328 g/mol. The van der Waals surface area contributed by atoms with Crippen molar-refractivity contribution in [1.29, 1.82) is 0 Å². The average molecular weight is 329 g/mol. The maximum atomic E-state index is 5.73. The van der Waals surface area contributed by atoms with Gasteiger partial charge in [0.1, 0.15) is 5.75 Å². The molecule has 0 aromatic heterocycles. The first-order chi connectivity index (χ1) is 9.10. The number of hydrazine groups is 1. The van der Waals surface area contributed by atoms with Crippen LogP contribution in [0.15, 0.2) is 16.6 Å².